The van der Waals surface area contributed by atoms with Crippen molar-refractivity contribution >= 4 is 5.91 Å². The first-order chi connectivity index (χ1) is 8.16. The van der Waals surface area contributed by atoms with Crippen molar-refractivity contribution in [2.75, 3.05) is 6.54 Å². The van der Waals surface area contributed by atoms with E-state index in [2.05, 4.69) is 18.7 Å². The van der Waals surface area contributed by atoms with Crippen molar-refractivity contribution < 1.29 is 4.79 Å². The Morgan fingerprint density at radius 3 is 2.35 bits per heavy atom. The minimum atomic E-state index is 0.358. The maximum Gasteiger partial charge on any atom is 0.223 e. The van der Waals surface area contributed by atoms with Gasteiger partial charge in [-0.1, -0.05) is 12.8 Å². The summed E-state index contributed by atoms with van der Waals surface area (Å²) < 4.78 is 0. The van der Waals surface area contributed by atoms with Crippen LogP contribution in [0.2, 0.25) is 0 Å². The fraction of sp³-hybridized carbons (Fsp3) is 0.929. The number of unbranched alkanes of at least 4 members (excludes halogenated alkanes) is 3. The topological polar surface area (TPSA) is 46.3 Å². The number of nitrogens with two attached hydrogens (primary N) is 1. The van der Waals surface area contributed by atoms with Gasteiger partial charge < -0.3 is 10.6 Å². The van der Waals surface area contributed by atoms with E-state index in [1.54, 1.807) is 0 Å². The maximum absolute atomic E-state index is 12.2. The molecular formula is C14H28N2O. The third kappa shape index (κ3) is 4.66. The van der Waals surface area contributed by atoms with Crippen LogP contribution in [-0.2, 0) is 4.79 Å². The highest BCUT2D eigenvalue weighted by molar-refractivity contribution is 5.76. The summed E-state index contributed by atoms with van der Waals surface area (Å²) in [7, 11) is 0. The fourth-order valence-electron chi connectivity index (χ4n) is 2.48. The largest absolute Gasteiger partial charge is 0.337 e. The van der Waals surface area contributed by atoms with Gasteiger partial charge in [-0.25, -0.2) is 0 Å². The molecule has 1 amide bonds. The molecule has 1 aliphatic carbocycles. The van der Waals surface area contributed by atoms with Crippen LogP contribution in [0.5, 0.6) is 0 Å². The van der Waals surface area contributed by atoms with Crippen molar-refractivity contribution in [2.45, 2.75) is 77.3 Å². The summed E-state index contributed by atoms with van der Waals surface area (Å²) in [6, 6.07) is 0.892. The van der Waals surface area contributed by atoms with E-state index in [0.29, 0.717) is 18.0 Å². The first kappa shape index (κ1) is 14.5. The Balaban J connectivity index is 2.23. The second-order valence-electron chi connectivity index (χ2n) is 5.43. The Bertz CT molecular complexity index is 224. The lowest BCUT2D eigenvalue weighted by molar-refractivity contribution is -0.137. The van der Waals surface area contributed by atoms with Crippen LogP contribution in [0.25, 0.3) is 0 Å². The zero-order chi connectivity index (χ0) is 12.7. The molecule has 0 aliphatic heterocycles. The number of amides is 1. The molecule has 1 saturated carbocycles. The van der Waals surface area contributed by atoms with Gasteiger partial charge in [-0.15, -0.1) is 0 Å². The SMILES string of the molecule is CC(C)N(C(=O)CCCCCCN)C1CCC1. The summed E-state index contributed by atoms with van der Waals surface area (Å²) >= 11 is 0. The predicted octanol–water partition coefficient (Wildman–Crippen LogP) is 2.69. The van der Waals surface area contributed by atoms with Gasteiger partial charge in [0.15, 0.2) is 0 Å². The van der Waals surface area contributed by atoms with E-state index in [1.165, 1.54) is 19.3 Å². The highest BCUT2D eigenvalue weighted by atomic mass is 16.2. The zero-order valence-corrected chi connectivity index (χ0v) is 11.5. The second-order valence-corrected chi connectivity index (χ2v) is 5.43. The van der Waals surface area contributed by atoms with E-state index in [9.17, 15) is 4.79 Å². The molecular weight excluding hydrogens is 212 g/mol. The molecule has 0 heterocycles. The van der Waals surface area contributed by atoms with Gasteiger partial charge in [-0.3, -0.25) is 4.79 Å². The molecule has 1 rings (SSSR count). The molecule has 0 aromatic rings. The standard InChI is InChI=1S/C14H28N2O/c1-12(2)16(13-8-7-9-13)14(17)10-5-3-4-6-11-15/h12-13H,3-11,15H2,1-2H3. The van der Waals surface area contributed by atoms with E-state index >= 15 is 0 Å². The number of carbonyl (C=O) groups is 1. The van der Waals surface area contributed by atoms with E-state index in [1.807, 2.05) is 0 Å². The zero-order valence-electron chi connectivity index (χ0n) is 11.5. The van der Waals surface area contributed by atoms with Gasteiger partial charge in [0.05, 0.1) is 0 Å². The first-order valence-corrected chi connectivity index (χ1v) is 7.18. The summed E-state index contributed by atoms with van der Waals surface area (Å²) in [6.45, 7) is 5.03. The van der Waals surface area contributed by atoms with Crippen LogP contribution in [-0.4, -0.2) is 29.4 Å². The van der Waals surface area contributed by atoms with Gasteiger partial charge in [-0.05, 0) is 52.5 Å². The molecule has 0 aromatic heterocycles. The third-order valence-corrected chi connectivity index (χ3v) is 3.66. The molecule has 0 spiro atoms. The Morgan fingerprint density at radius 1 is 1.24 bits per heavy atom. The van der Waals surface area contributed by atoms with E-state index in [4.69, 9.17) is 5.73 Å². The molecule has 0 saturated heterocycles. The molecule has 1 aliphatic rings. The average Bonchev–Trinajstić information content (AvgIpc) is 2.22. The van der Waals surface area contributed by atoms with Crippen LogP contribution in [0.15, 0.2) is 0 Å². The van der Waals surface area contributed by atoms with E-state index in [-0.39, 0.29) is 0 Å². The van der Waals surface area contributed by atoms with Crippen LogP contribution >= 0.6 is 0 Å². The van der Waals surface area contributed by atoms with Gasteiger partial charge in [-0.2, -0.15) is 0 Å². The summed E-state index contributed by atoms with van der Waals surface area (Å²) in [6.07, 6.45) is 8.83. The van der Waals surface area contributed by atoms with E-state index in [0.717, 1.165) is 38.6 Å². The third-order valence-electron chi connectivity index (χ3n) is 3.66. The van der Waals surface area contributed by atoms with Crippen LogP contribution in [0.3, 0.4) is 0 Å². The average molecular weight is 240 g/mol. The first-order valence-electron chi connectivity index (χ1n) is 7.18. The van der Waals surface area contributed by atoms with E-state index < -0.39 is 0 Å². The monoisotopic (exact) mass is 240 g/mol. The molecule has 0 radical (unpaired) electrons. The summed E-state index contributed by atoms with van der Waals surface area (Å²) in [5.41, 5.74) is 5.45. The van der Waals surface area contributed by atoms with Crippen molar-refractivity contribution in [3.05, 3.63) is 0 Å². The summed E-state index contributed by atoms with van der Waals surface area (Å²) in [5, 5.41) is 0. The Morgan fingerprint density at radius 2 is 1.88 bits per heavy atom. The second kappa shape index (κ2) is 7.70. The Kier molecular flexibility index (Phi) is 6.56. The van der Waals surface area contributed by atoms with Crippen LogP contribution in [0, 0.1) is 0 Å². The molecule has 3 nitrogen and oxygen atoms in total. The highest BCUT2D eigenvalue weighted by Gasteiger charge is 2.29. The lowest BCUT2D eigenvalue weighted by Gasteiger charge is -2.40. The molecule has 100 valence electrons. The minimum Gasteiger partial charge on any atom is -0.337 e. The van der Waals surface area contributed by atoms with Gasteiger partial charge >= 0.3 is 0 Å². The van der Waals surface area contributed by atoms with Gasteiger partial charge in [0.2, 0.25) is 5.91 Å². The molecule has 17 heavy (non-hydrogen) atoms. The lowest BCUT2D eigenvalue weighted by Crippen LogP contribution is -2.48. The quantitative estimate of drug-likeness (QED) is 0.663. The van der Waals surface area contributed by atoms with Gasteiger partial charge in [0, 0.05) is 18.5 Å². The smallest absolute Gasteiger partial charge is 0.223 e. The number of carbonyl (C=O) groups excluding carboxylic acids is 1. The summed E-state index contributed by atoms with van der Waals surface area (Å²) in [5.74, 6) is 0.359. The molecule has 2 N–H and O–H groups in total. The van der Waals surface area contributed by atoms with Crippen molar-refractivity contribution in [1.82, 2.24) is 4.90 Å². The minimum absolute atomic E-state index is 0.358. The predicted molar refractivity (Wildman–Crippen MR) is 71.8 cm³/mol. The summed E-state index contributed by atoms with van der Waals surface area (Å²) in [4.78, 5) is 14.3. The normalized spacial score (nSPS) is 16.0. The van der Waals surface area contributed by atoms with Crippen molar-refractivity contribution in [2.24, 2.45) is 5.73 Å². The number of rotatable bonds is 8. The van der Waals surface area contributed by atoms with Gasteiger partial charge in [0.1, 0.15) is 0 Å². The molecule has 1 fully saturated rings. The molecule has 3 heteroatoms. The highest BCUT2D eigenvalue weighted by Crippen LogP contribution is 2.27. The lowest BCUT2D eigenvalue weighted by atomic mass is 9.90. The van der Waals surface area contributed by atoms with Crippen molar-refractivity contribution in [3.63, 3.8) is 0 Å². The van der Waals surface area contributed by atoms with Crippen molar-refractivity contribution in [1.29, 1.82) is 0 Å². The Hall–Kier alpha value is -0.570. The van der Waals surface area contributed by atoms with Crippen molar-refractivity contribution in [3.8, 4) is 0 Å². The number of nitrogens with zero attached hydrogens (tertiary/aromatic N) is 1. The number of hydrogen-bond acceptors (Lipinski definition) is 2. The molecule has 0 atom stereocenters. The molecule has 0 bridgehead atoms. The molecule has 0 aromatic carbocycles. The van der Waals surface area contributed by atoms with Crippen LogP contribution in [0.4, 0.5) is 0 Å². The van der Waals surface area contributed by atoms with Crippen LogP contribution in [0.1, 0.15) is 65.2 Å². The number of hydrogen-bond donors (Lipinski definition) is 1. The molecule has 0 unspecified atom stereocenters. The van der Waals surface area contributed by atoms with Crippen LogP contribution < -0.4 is 5.73 Å². The Labute approximate surface area is 106 Å². The van der Waals surface area contributed by atoms with Gasteiger partial charge in [0.25, 0.3) is 0 Å². The fourth-order valence-corrected chi connectivity index (χ4v) is 2.48. The maximum atomic E-state index is 12.2.